The van der Waals surface area contributed by atoms with Gasteiger partial charge >= 0.3 is 0 Å². The number of nitrogens with one attached hydrogen (secondary N) is 2. The van der Waals surface area contributed by atoms with Crippen molar-refractivity contribution in [2.75, 3.05) is 13.1 Å². The lowest BCUT2D eigenvalue weighted by Gasteiger charge is -2.47. The number of β-amino-alcohol motifs (C(OH)–C–C–N with tert-alkyl or cyclic N) is 1. The summed E-state index contributed by atoms with van der Waals surface area (Å²) in [5, 5.41) is 20.9. The molecule has 2 fully saturated rings. The summed E-state index contributed by atoms with van der Waals surface area (Å²) >= 11 is 1.48. The first-order valence-electron chi connectivity index (χ1n) is 11.7. The maximum Gasteiger partial charge on any atom is 0.252 e. The van der Waals surface area contributed by atoms with Gasteiger partial charge in [-0.3, -0.25) is 14.5 Å². The summed E-state index contributed by atoms with van der Waals surface area (Å²) in [6, 6.07) is 1.22. The molecule has 0 bridgehead atoms. The summed E-state index contributed by atoms with van der Waals surface area (Å²) < 4.78 is 0. The lowest BCUT2D eigenvalue weighted by Crippen LogP contribution is -2.60. The molecule has 1 saturated carbocycles. The minimum atomic E-state index is -0.724. The SMILES string of the molecule is CC[C@H](NC(=O)c1ccsc1)[C@H](O)CN1C[C@H]2CCCC[C@H]2C[C@H]1C(=O)NC(C)(C)C. The van der Waals surface area contributed by atoms with Crippen molar-refractivity contribution in [1.29, 1.82) is 0 Å². The molecule has 1 aromatic rings. The number of carbonyl (C=O) groups excluding carboxylic acids is 2. The van der Waals surface area contributed by atoms with Crippen LogP contribution in [-0.4, -0.2) is 58.6 Å². The van der Waals surface area contributed by atoms with Crippen molar-refractivity contribution in [1.82, 2.24) is 15.5 Å². The number of aliphatic hydroxyl groups excluding tert-OH is 1. The summed E-state index contributed by atoms with van der Waals surface area (Å²) in [5.41, 5.74) is 0.340. The van der Waals surface area contributed by atoms with Gasteiger partial charge in [-0.25, -0.2) is 0 Å². The first kappa shape index (κ1) is 24.2. The van der Waals surface area contributed by atoms with E-state index in [9.17, 15) is 14.7 Å². The number of likely N-dealkylation sites (tertiary alicyclic amines) is 1. The average molecular weight is 450 g/mol. The average Bonchev–Trinajstić information content (AvgIpc) is 3.25. The van der Waals surface area contributed by atoms with Crippen LogP contribution in [0.1, 0.15) is 76.6 Å². The molecule has 2 amide bonds. The third-order valence-electron chi connectivity index (χ3n) is 6.73. The van der Waals surface area contributed by atoms with Gasteiger partial charge in [0.05, 0.1) is 18.2 Å². The van der Waals surface area contributed by atoms with E-state index >= 15 is 0 Å². The molecule has 0 aromatic carbocycles. The summed E-state index contributed by atoms with van der Waals surface area (Å²) in [7, 11) is 0. The Bertz CT molecular complexity index is 731. The molecule has 2 heterocycles. The second-order valence-corrected chi connectivity index (χ2v) is 11.1. The normalized spacial score (nSPS) is 26.5. The van der Waals surface area contributed by atoms with Crippen molar-refractivity contribution >= 4 is 23.2 Å². The van der Waals surface area contributed by atoms with E-state index in [-0.39, 0.29) is 29.4 Å². The fourth-order valence-electron chi connectivity index (χ4n) is 5.11. The van der Waals surface area contributed by atoms with Gasteiger partial charge in [-0.1, -0.05) is 26.2 Å². The van der Waals surface area contributed by atoms with E-state index in [2.05, 4.69) is 15.5 Å². The standard InChI is InChI=1S/C24H39N3O3S/c1-5-19(25-22(29)18-10-11-31-15-18)21(28)14-27-13-17-9-7-6-8-16(17)12-20(27)23(30)26-24(2,3)4/h10-11,15-17,19-21,28H,5-9,12-14H2,1-4H3,(H,25,29)(H,26,30)/t16-,17+,19-,20-,21+/m0/s1. The van der Waals surface area contributed by atoms with Crippen LogP contribution in [0.25, 0.3) is 0 Å². The second kappa shape index (κ2) is 10.5. The van der Waals surface area contributed by atoms with E-state index in [1.54, 1.807) is 6.07 Å². The van der Waals surface area contributed by atoms with Crippen LogP contribution < -0.4 is 10.6 Å². The third kappa shape index (κ3) is 6.53. The topological polar surface area (TPSA) is 81.7 Å². The van der Waals surface area contributed by atoms with E-state index in [1.165, 1.54) is 37.0 Å². The molecule has 1 aliphatic carbocycles. The van der Waals surface area contributed by atoms with Crippen molar-refractivity contribution in [3.8, 4) is 0 Å². The molecule has 7 heteroatoms. The minimum Gasteiger partial charge on any atom is -0.390 e. The quantitative estimate of drug-likeness (QED) is 0.596. The number of hydrogen-bond donors (Lipinski definition) is 3. The van der Waals surface area contributed by atoms with E-state index < -0.39 is 6.10 Å². The zero-order chi connectivity index (χ0) is 22.6. The zero-order valence-electron chi connectivity index (χ0n) is 19.4. The van der Waals surface area contributed by atoms with Crippen LogP contribution in [0.4, 0.5) is 0 Å². The Hall–Kier alpha value is -1.44. The molecule has 31 heavy (non-hydrogen) atoms. The monoisotopic (exact) mass is 449 g/mol. The summed E-state index contributed by atoms with van der Waals surface area (Å²) in [6.07, 6.45) is 5.69. The van der Waals surface area contributed by atoms with E-state index in [0.717, 1.165) is 13.0 Å². The molecule has 3 N–H and O–H groups in total. The maximum atomic E-state index is 13.1. The molecular weight excluding hydrogens is 410 g/mol. The van der Waals surface area contributed by atoms with Crippen LogP contribution in [0, 0.1) is 11.8 Å². The number of carbonyl (C=O) groups is 2. The first-order valence-corrected chi connectivity index (χ1v) is 12.7. The molecule has 3 rings (SSSR count). The summed E-state index contributed by atoms with van der Waals surface area (Å²) in [5.74, 6) is 1.09. The number of aliphatic hydroxyl groups is 1. The molecule has 1 saturated heterocycles. The number of fused-ring (bicyclic) bond motifs is 1. The first-order chi connectivity index (χ1) is 14.7. The van der Waals surface area contributed by atoms with Crippen LogP contribution in [0.3, 0.4) is 0 Å². The number of nitrogens with zero attached hydrogens (tertiary/aromatic N) is 1. The number of rotatable bonds is 7. The molecule has 0 spiro atoms. The highest BCUT2D eigenvalue weighted by molar-refractivity contribution is 7.08. The van der Waals surface area contributed by atoms with Crippen molar-refractivity contribution in [2.24, 2.45) is 11.8 Å². The zero-order valence-corrected chi connectivity index (χ0v) is 20.2. The fraction of sp³-hybridized carbons (Fsp3) is 0.750. The predicted molar refractivity (Wildman–Crippen MR) is 125 cm³/mol. The Morgan fingerprint density at radius 2 is 1.97 bits per heavy atom. The van der Waals surface area contributed by atoms with Crippen LogP contribution in [0.5, 0.6) is 0 Å². The molecule has 1 aliphatic heterocycles. The Morgan fingerprint density at radius 1 is 1.26 bits per heavy atom. The molecule has 0 unspecified atom stereocenters. The Morgan fingerprint density at radius 3 is 2.58 bits per heavy atom. The largest absolute Gasteiger partial charge is 0.390 e. The Balaban J connectivity index is 1.69. The van der Waals surface area contributed by atoms with Crippen molar-refractivity contribution in [3.05, 3.63) is 22.4 Å². The van der Waals surface area contributed by atoms with Gasteiger partial charge in [0.15, 0.2) is 0 Å². The Kier molecular flexibility index (Phi) is 8.16. The lowest BCUT2D eigenvalue weighted by molar-refractivity contribution is -0.132. The van der Waals surface area contributed by atoms with Gasteiger partial charge in [-0.05, 0) is 63.3 Å². The van der Waals surface area contributed by atoms with E-state index in [1.807, 2.05) is 38.5 Å². The number of thiophene rings is 1. The highest BCUT2D eigenvalue weighted by atomic mass is 32.1. The van der Waals surface area contributed by atoms with Gasteiger partial charge in [0.25, 0.3) is 5.91 Å². The molecule has 1 aromatic heterocycles. The van der Waals surface area contributed by atoms with Gasteiger partial charge in [0.1, 0.15) is 0 Å². The highest BCUT2D eigenvalue weighted by Gasteiger charge is 2.41. The smallest absolute Gasteiger partial charge is 0.252 e. The van der Waals surface area contributed by atoms with Crippen molar-refractivity contribution in [2.45, 2.75) is 89.9 Å². The van der Waals surface area contributed by atoms with Gasteiger partial charge in [0, 0.05) is 29.6 Å². The highest BCUT2D eigenvalue weighted by Crippen LogP contribution is 2.38. The summed E-state index contributed by atoms with van der Waals surface area (Å²) in [6.45, 7) is 9.22. The molecule has 6 nitrogen and oxygen atoms in total. The van der Waals surface area contributed by atoms with Crippen molar-refractivity contribution in [3.63, 3.8) is 0 Å². The van der Waals surface area contributed by atoms with E-state index in [0.29, 0.717) is 30.4 Å². The number of amides is 2. The molecule has 0 radical (unpaired) electrons. The van der Waals surface area contributed by atoms with Gasteiger partial charge in [0.2, 0.25) is 5.91 Å². The van der Waals surface area contributed by atoms with Crippen LogP contribution in [0.15, 0.2) is 16.8 Å². The third-order valence-corrected chi connectivity index (χ3v) is 7.41. The minimum absolute atomic E-state index is 0.0547. The van der Waals surface area contributed by atoms with Gasteiger partial charge in [-0.15, -0.1) is 0 Å². The predicted octanol–water partition coefficient (Wildman–Crippen LogP) is 3.41. The molecule has 5 atom stereocenters. The lowest BCUT2D eigenvalue weighted by atomic mass is 9.72. The second-order valence-electron chi connectivity index (χ2n) is 10.3. The van der Waals surface area contributed by atoms with Crippen molar-refractivity contribution < 1.29 is 14.7 Å². The van der Waals surface area contributed by atoms with Crippen LogP contribution in [0.2, 0.25) is 0 Å². The Labute approximate surface area is 190 Å². The maximum absolute atomic E-state index is 13.1. The van der Waals surface area contributed by atoms with Gasteiger partial charge in [-0.2, -0.15) is 11.3 Å². The molecular formula is C24H39N3O3S. The fourth-order valence-corrected chi connectivity index (χ4v) is 5.75. The van der Waals surface area contributed by atoms with Crippen LogP contribution in [-0.2, 0) is 4.79 Å². The summed E-state index contributed by atoms with van der Waals surface area (Å²) in [4.78, 5) is 27.8. The van der Waals surface area contributed by atoms with Crippen LogP contribution >= 0.6 is 11.3 Å². The van der Waals surface area contributed by atoms with Gasteiger partial charge < -0.3 is 15.7 Å². The molecule has 2 aliphatic rings. The number of piperidine rings is 1. The van der Waals surface area contributed by atoms with E-state index in [4.69, 9.17) is 0 Å². The number of hydrogen-bond acceptors (Lipinski definition) is 5. The molecule has 174 valence electrons.